The van der Waals surface area contributed by atoms with Gasteiger partial charge in [-0.15, -0.1) is 0 Å². The smallest absolute Gasteiger partial charge is 0.0428 e. The zero-order valence-electron chi connectivity index (χ0n) is 23.6. The van der Waals surface area contributed by atoms with Crippen LogP contribution in [0.5, 0.6) is 0 Å². The summed E-state index contributed by atoms with van der Waals surface area (Å²) >= 11 is 0. The van der Waals surface area contributed by atoms with Crippen molar-refractivity contribution in [3.63, 3.8) is 0 Å². The summed E-state index contributed by atoms with van der Waals surface area (Å²) in [5.74, 6) is 1.75. The first-order valence-corrected chi connectivity index (χ1v) is 12.8. The molecule has 0 fully saturated rings. The van der Waals surface area contributed by atoms with Crippen molar-refractivity contribution < 1.29 is 0 Å². The molecule has 194 valence electrons. The number of rotatable bonds is 3. The third-order valence-corrected chi connectivity index (χ3v) is 4.02. The number of pyridine rings is 2. The molecule has 0 atom stereocenters. The fourth-order valence-corrected chi connectivity index (χ4v) is 2.27. The van der Waals surface area contributed by atoms with Gasteiger partial charge < -0.3 is 0 Å². The molecule has 1 aromatic carbocycles. The topological polar surface area (TPSA) is 25.8 Å². The van der Waals surface area contributed by atoms with Crippen LogP contribution in [0.4, 0.5) is 0 Å². The van der Waals surface area contributed by atoms with Crippen LogP contribution in [0.3, 0.4) is 0 Å². The SMILES string of the molecule is C.CC.CC.CC.CC(C)c1ccccc1.CC(C)c1ccccn1.CC(C)c1ccccn1. The minimum absolute atomic E-state index is 0. The molecule has 2 aromatic heterocycles. The van der Waals surface area contributed by atoms with E-state index in [4.69, 9.17) is 0 Å². The number of hydrogen-bond donors (Lipinski definition) is 0. The maximum Gasteiger partial charge on any atom is 0.0428 e. The van der Waals surface area contributed by atoms with Crippen molar-refractivity contribution in [1.82, 2.24) is 9.97 Å². The zero-order valence-corrected chi connectivity index (χ0v) is 23.6. The van der Waals surface area contributed by atoms with Gasteiger partial charge in [-0.2, -0.15) is 0 Å². The van der Waals surface area contributed by atoms with Gasteiger partial charge in [0.2, 0.25) is 0 Å². The Labute approximate surface area is 214 Å². The van der Waals surface area contributed by atoms with E-state index in [9.17, 15) is 0 Å². The maximum absolute atomic E-state index is 4.18. The minimum atomic E-state index is 0. The Hall–Kier alpha value is -2.48. The highest BCUT2D eigenvalue weighted by Crippen LogP contribution is 2.12. The lowest BCUT2D eigenvalue weighted by Gasteiger charge is -2.01. The summed E-state index contributed by atoms with van der Waals surface area (Å²) in [5, 5.41) is 0. The minimum Gasteiger partial charge on any atom is -0.261 e. The van der Waals surface area contributed by atoms with E-state index in [1.807, 2.05) is 96.4 Å². The molecule has 0 amide bonds. The molecule has 0 spiro atoms. The highest BCUT2D eigenvalue weighted by atomic mass is 14.7. The molecule has 0 aliphatic heterocycles. The molecule has 0 saturated carbocycles. The zero-order chi connectivity index (χ0) is 26.1. The van der Waals surface area contributed by atoms with Crippen LogP contribution in [0.1, 0.15) is 125 Å². The van der Waals surface area contributed by atoms with Gasteiger partial charge in [-0.25, -0.2) is 0 Å². The molecule has 0 N–H and O–H groups in total. The van der Waals surface area contributed by atoms with E-state index < -0.39 is 0 Å². The Morgan fingerprint density at radius 2 is 0.765 bits per heavy atom. The summed E-state index contributed by atoms with van der Waals surface area (Å²) in [6.45, 7) is 25.0. The first-order valence-electron chi connectivity index (χ1n) is 12.8. The van der Waals surface area contributed by atoms with Crippen LogP contribution in [0.2, 0.25) is 0 Å². The van der Waals surface area contributed by atoms with E-state index in [1.54, 1.807) is 0 Å². The van der Waals surface area contributed by atoms with Crippen LogP contribution in [-0.2, 0) is 0 Å². The average Bonchev–Trinajstić information content (AvgIpc) is 2.90. The number of hydrogen-bond acceptors (Lipinski definition) is 2. The molecular weight excluding hydrogens is 412 g/mol. The van der Waals surface area contributed by atoms with E-state index in [1.165, 1.54) is 5.56 Å². The molecule has 3 rings (SSSR count). The maximum atomic E-state index is 4.18. The molecule has 3 aromatic rings. The first-order chi connectivity index (χ1) is 15.9. The van der Waals surface area contributed by atoms with Crippen LogP contribution in [0.25, 0.3) is 0 Å². The van der Waals surface area contributed by atoms with Crippen molar-refractivity contribution in [3.05, 3.63) is 96.1 Å². The van der Waals surface area contributed by atoms with Crippen LogP contribution >= 0.6 is 0 Å². The third kappa shape index (κ3) is 21.4. The van der Waals surface area contributed by atoms with Gasteiger partial charge in [-0.05, 0) is 47.6 Å². The Balaban J connectivity index is -0.000000176. The molecule has 2 heterocycles. The van der Waals surface area contributed by atoms with E-state index in [2.05, 4.69) is 75.8 Å². The fraction of sp³-hybridized carbons (Fsp3) is 0.500. The second-order valence-corrected chi connectivity index (χ2v) is 7.38. The van der Waals surface area contributed by atoms with Crippen LogP contribution < -0.4 is 0 Å². The highest BCUT2D eigenvalue weighted by molar-refractivity contribution is 5.17. The molecule has 2 heteroatoms. The molecule has 0 unspecified atom stereocenters. The number of aromatic nitrogens is 2. The van der Waals surface area contributed by atoms with Crippen molar-refractivity contribution in [1.29, 1.82) is 0 Å². The van der Waals surface area contributed by atoms with E-state index in [0.29, 0.717) is 17.8 Å². The van der Waals surface area contributed by atoms with Gasteiger partial charge in [0.05, 0.1) is 0 Å². The standard InChI is InChI=1S/C9H12.2C8H11N.3C2H6.CH4/c1-8(2)9-6-4-3-5-7-9;2*1-7(2)8-5-3-4-6-9-8;3*1-2;/h3-8H,1-2H3;2*3-7H,1-2H3;3*1-2H3;1H4. The van der Waals surface area contributed by atoms with Crippen LogP contribution in [0.15, 0.2) is 79.1 Å². The monoisotopic (exact) mass is 468 g/mol. The Morgan fingerprint density at radius 3 is 0.941 bits per heavy atom. The van der Waals surface area contributed by atoms with Gasteiger partial charge in [-0.1, -0.05) is 133 Å². The summed E-state index contributed by atoms with van der Waals surface area (Å²) < 4.78 is 0. The highest BCUT2D eigenvalue weighted by Gasteiger charge is 1.96. The van der Waals surface area contributed by atoms with Crippen molar-refractivity contribution in [2.24, 2.45) is 0 Å². The van der Waals surface area contributed by atoms with Crippen molar-refractivity contribution >= 4 is 0 Å². The molecule has 0 bridgehead atoms. The lowest BCUT2D eigenvalue weighted by molar-refractivity contribution is 0.823. The quantitative estimate of drug-likeness (QED) is 0.382. The average molecular weight is 469 g/mol. The molecule has 0 aliphatic carbocycles. The molecule has 0 radical (unpaired) electrons. The Bertz CT molecular complexity index is 602. The van der Waals surface area contributed by atoms with E-state index in [-0.39, 0.29) is 7.43 Å². The van der Waals surface area contributed by atoms with Gasteiger partial charge in [0.15, 0.2) is 0 Å². The predicted octanol–water partition coefficient (Wildman–Crippen LogP) is 10.9. The molecule has 2 nitrogen and oxygen atoms in total. The lowest BCUT2D eigenvalue weighted by atomic mass is 10.0. The molecule has 0 aliphatic rings. The van der Waals surface area contributed by atoms with E-state index >= 15 is 0 Å². The summed E-state index contributed by atoms with van der Waals surface area (Å²) in [5.41, 5.74) is 3.74. The Kier molecular flexibility index (Phi) is 32.6. The normalized spacial score (nSPS) is 8.56. The molecule has 34 heavy (non-hydrogen) atoms. The van der Waals surface area contributed by atoms with Crippen molar-refractivity contribution in [3.8, 4) is 0 Å². The fourth-order valence-electron chi connectivity index (χ4n) is 2.27. The van der Waals surface area contributed by atoms with Gasteiger partial charge in [0.1, 0.15) is 0 Å². The third-order valence-electron chi connectivity index (χ3n) is 4.02. The predicted molar refractivity (Wildman–Crippen MR) is 158 cm³/mol. The summed E-state index contributed by atoms with van der Waals surface area (Å²) in [6, 6.07) is 22.5. The number of benzene rings is 1. The molecule has 0 saturated heterocycles. The van der Waals surface area contributed by atoms with Gasteiger partial charge in [0, 0.05) is 23.8 Å². The van der Waals surface area contributed by atoms with Gasteiger partial charge in [0.25, 0.3) is 0 Å². The second kappa shape index (κ2) is 28.6. The second-order valence-electron chi connectivity index (χ2n) is 7.38. The first kappa shape index (κ1) is 38.8. The van der Waals surface area contributed by atoms with Gasteiger partial charge >= 0.3 is 0 Å². The van der Waals surface area contributed by atoms with E-state index in [0.717, 1.165) is 11.4 Å². The summed E-state index contributed by atoms with van der Waals surface area (Å²) in [6.07, 6.45) is 3.66. The molecular formula is C32H56N2. The van der Waals surface area contributed by atoms with Crippen LogP contribution in [-0.4, -0.2) is 9.97 Å². The number of nitrogens with zero attached hydrogens (tertiary/aromatic N) is 2. The summed E-state index contributed by atoms with van der Waals surface area (Å²) in [4.78, 5) is 8.36. The largest absolute Gasteiger partial charge is 0.261 e. The Morgan fingerprint density at radius 1 is 0.441 bits per heavy atom. The van der Waals surface area contributed by atoms with Crippen LogP contribution in [0, 0.1) is 0 Å². The van der Waals surface area contributed by atoms with Crippen molar-refractivity contribution in [2.45, 2.75) is 108 Å². The van der Waals surface area contributed by atoms with Crippen molar-refractivity contribution in [2.75, 3.05) is 0 Å². The summed E-state index contributed by atoms with van der Waals surface area (Å²) in [7, 11) is 0. The lowest BCUT2D eigenvalue weighted by Crippen LogP contribution is -1.88. The van der Waals surface area contributed by atoms with Gasteiger partial charge in [-0.3, -0.25) is 9.97 Å².